The van der Waals surface area contributed by atoms with E-state index >= 15 is 0 Å². The van der Waals surface area contributed by atoms with Crippen molar-refractivity contribution >= 4 is 16.8 Å². The summed E-state index contributed by atoms with van der Waals surface area (Å²) in [6.45, 7) is 5.35. The minimum Gasteiger partial charge on any atom is -0.492 e. The number of carboxylic acid groups (broad SMARTS) is 1. The minimum atomic E-state index is -1.21. The van der Waals surface area contributed by atoms with Crippen molar-refractivity contribution in [2.24, 2.45) is 0 Å². The van der Waals surface area contributed by atoms with Crippen LogP contribution in [0.1, 0.15) is 18.2 Å². The number of benzene rings is 3. The van der Waals surface area contributed by atoms with E-state index in [9.17, 15) is 14.1 Å². The third kappa shape index (κ3) is 6.76. The van der Waals surface area contributed by atoms with E-state index in [4.69, 9.17) is 9.47 Å². The molecule has 37 heavy (non-hydrogen) atoms. The molecule has 0 aliphatic rings. The van der Waals surface area contributed by atoms with Crippen molar-refractivity contribution in [3.05, 3.63) is 102 Å². The molecule has 0 amide bonds. The van der Waals surface area contributed by atoms with Crippen molar-refractivity contribution in [3.63, 3.8) is 0 Å². The molecule has 0 aliphatic carbocycles. The Morgan fingerprint density at radius 1 is 0.919 bits per heavy atom. The van der Waals surface area contributed by atoms with Crippen molar-refractivity contribution in [2.45, 2.75) is 42.7 Å². The average Bonchev–Trinajstić information content (AvgIpc) is 3.29. The van der Waals surface area contributed by atoms with Crippen LogP contribution in [0.5, 0.6) is 5.75 Å². The molecule has 7 heteroatoms. The molecule has 0 saturated heterocycles. The summed E-state index contributed by atoms with van der Waals surface area (Å²) in [4.78, 5) is 12.9. The van der Waals surface area contributed by atoms with E-state index in [0.29, 0.717) is 26.2 Å². The Morgan fingerprint density at radius 3 is 2.24 bits per heavy atom. The highest BCUT2D eigenvalue weighted by Crippen LogP contribution is 2.25. The van der Waals surface area contributed by atoms with Crippen molar-refractivity contribution < 1.29 is 23.6 Å². The van der Waals surface area contributed by atoms with Crippen LogP contribution in [-0.2, 0) is 33.3 Å². The second-order valence-electron chi connectivity index (χ2n) is 8.60. The molecule has 192 valence electrons. The van der Waals surface area contributed by atoms with Gasteiger partial charge < -0.3 is 19.1 Å². The summed E-state index contributed by atoms with van der Waals surface area (Å²) in [7, 11) is -1.21. The highest BCUT2D eigenvalue weighted by Gasteiger charge is 2.18. The summed E-state index contributed by atoms with van der Waals surface area (Å²) in [6.07, 6.45) is -0.535. The molecule has 0 saturated carbocycles. The summed E-state index contributed by atoms with van der Waals surface area (Å²) in [5.41, 5.74) is 4.13. The van der Waals surface area contributed by atoms with E-state index in [2.05, 4.69) is 23.6 Å². The molecule has 2 unspecified atom stereocenters. The number of aromatic nitrogens is 1. The van der Waals surface area contributed by atoms with Crippen LogP contribution >= 0.6 is 0 Å². The normalized spacial score (nSPS) is 12.7. The molecule has 0 fully saturated rings. The number of ether oxygens (including phenoxy) is 2. The smallest absolute Gasteiger partial charge is 0.333 e. The van der Waals surface area contributed by atoms with Gasteiger partial charge in [0.2, 0.25) is 0 Å². The van der Waals surface area contributed by atoms with Gasteiger partial charge in [-0.25, -0.2) is 9.00 Å². The predicted molar refractivity (Wildman–Crippen MR) is 144 cm³/mol. The molecule has 1 heterocycles. The number of hydrogen-bond acceptors (Lipinski definition) is 4. The van der Waals surface area contributed by atoms with Crippen LogP contribution in [0.4, 0.5) is 0 Å². The summed E-state index contributed by atoms with van der Waals surface area (Å²) in [5.74, 6) is -0.231. The van der Waals surface area contributed by atoms with Gasteiger partial charge in [-0.15, -0.1) is 0 Å². The van der Waals surface area contributed by atoms with E-state index in [1.165, 1.54) is 0 Å². The van der Waals surface area contributed by atoms with Gasteiger partial charge in [0.15, 0.2) is 6.10 Å². The van der Waals surface area contributed by atoms with Gasteiger partial charge in [-0.2, -0.15) is 0 Å². The van der Waals surface area contributed by atoms with Crippen molar-refractivity contribution in [1.29, 1.82) is 0 Å². The fourth-order valence-corrected chi connectivity index (χ4v) is 5.22. The quantitative estimate of drug-likeness (QED) is 0.259. The van der Waals surface area contributed by atoms with E-state index < -0.39 is 22.9 Å². The van der Waals surface area contributed by atoms with Crippen LogP contribution in [-0.4, -0.2) is 39.2 Å². The molecule has 6 nitrogen and oxygen atoms in total. The van der Waals surface area contributed by atoms with Crippen LogP contribution in [0.2, 0.25) is 0 Å². The Bertz CT molecular complexity index is 1330. The van der Waals surface area contributed by atoms with E-state index in [-0.39, 0.29) is 0 Å². The van der Waals surface area contributed by atoms with Crippen molar-refractivity contribution in [2.75, 3.05) is 13.2 Å². The van der Waals surface area contributed by atoms with Crippen LogP contribution in [0.15, 0.2) is 101 Å². The van der Waals surface area contributed by atoms with Crippen molar-refractivity contribution in [3.8, 4) is 17.0 Å². The van der Waals surface area contributed by atoms with E-state index in [0.717, 1.165) is 38.1 Å². The number of aryl methyl sites for hydroxylation is 1. The number of carbonyl (C=O) groups is 1. The minimum absolute atomic E-state index is 0.313. The second-order valence-corrected chi connectivity index (χ2v) is 10.1. The van der Waals surface area contributed by atoms with Crippen LogP contribution < -0.4 is 4.74 Å². The molecule has 0 bridgehead atoms. The van der Waals surface area contributed by atoms with Crippen LogP contribution in [0.25, 0.3) is 11.3 Å². The third-order valence-electron chi connectivity index (χ3n) is 6.09. The standard InChI is InChI=1S/C30H31NO5S/c1-3-35-29(30(32)33)21-23-10-14-25(15-11-23)36-20-19-31-22(2)9-18-28(31)24-12-16-27(17-13-24)37(34)26-7-5-4-6-8-26/h4-18,29H,3,19-21H2,1-2H3,(H,32,33). The Morgan fingerprint density at radius 2 is 1.59 bits per heavy atom. The number of hydrogen-bond donors (Lipinski definition) is 1. The van der Waals surface area contributed by atoms with Gasteiger partial charge in [-0.05, 0) is 73.5 Å². The molecule has 2 atom stereocenters. The fraction of sp³-hybridized carbons (Fsp3) is 0.233. The lowest BCUT2D eigenvalue weighted by Crippen LogP contribution is -2.26. The monoisotopic (exact) mass is 517 g/mol. The number of rotatable bonds is 12. The second kappa shape index (κ2) is 12.5. The molecule has 3 aromatic carbocycles. The molecule has 1 aromatic heterocycles. The predicted octanol–water partition coefficient (Wildman–Crippen LogP) is 5.74. The van der Waals surface area contributed by atoms with Crippen LogP contribution in [0.3, 0.4) is 0 Å². The first kappa shape index (κ1) is 26.4. The molecule has 0 aliphatic heterocycles. The summed E-state index contributed by atoms with van der Waals surface area (Å²) >= 11 is 0. The molecule has 4 rings (SSSR count). The first-order valence-corrected chi connectivity index (χ1v) is 13.4. The maximum Gasteiger partial charge on any atom is 0.333 e. The van der Waals surface area contributed by atoms with Gasteiger partial charge >= 0.3 is 5.97 Å². The first-order valence-electron chi connectivity index (χ1n) is 12.3. The van der Waals surface area contributed by atoms with Gasteiger partial charge in [0.1, 0.15) is 12.4 Å². The summed E-state index contributed by atoms with van der Waals surface area (Å²) < 4.78 is 26.3. The highest BCUT2D eigenvalue weighted by atomic mass is 32.2. The molecule has 0 radical (unpaired) electrons. The SMILES string of the molecule is CCOC(Cc1ccc(OCCn2c(C)ccc2-c2ccc(S(=O)c3ccccc3)cc2)cc1)C(=O)O. The molecular weight excluding hydrogens is 486 g/mol. The Kier molecular flexibility index (Phi) is 8.93. The van der Waals surface area contributed by atoms with Gasteiger partial charge in [0, 0.05) is 34.2 Å². The summed E-state index contributed by atoms with van der Waals surface area (Å²) in [5, 5.41) is 9.27. The molecular formula is C30H31NO5S. The van der Waals surface area contributed by atoms with Crippen molar-refractivity contribution in [1.82, 2.24) is 4.57 Å². The topological polar surface area (TPSA) is 77.8 Å². The largest absolute Gasteiger partial charge is 0.492 e. The number of aliphatic carboxylic acids is 1. The van der Waals surface area contributed by atoms with Gasteiger partial charge in [-0.3, -0.25) is 0 Å². The van der Waals surface area contributed by atoms with Gasteiger partial charge in [0.05, 0.1) is 17.3 Å². The Hall–Kier alpha value is -3.68. The van der Waals surface area contributed by atoms with E-state index in [1.807, 2.05) is 78.9 Å². The molecule has 4 aromatic rings. The lowest BCUT2D eigenvalue weighted by Gasteiger charge is -2.14. The molecule has 0 spiro atoms. The summed E-state index contributed by atoms with van der Waals surface area (Å²) in [6, 6.07) is 28.9. The fourth-order valence-electron chi connectivity index (χ4n) is 4.16. The zero-order valence-electron chi connectivity index (χ0n) is 21.0. The third-order valence-corrected chi connectivity index (χ3v) is 7.49. The zero-order chi connectivity index (χ0) is 26.2. The number of nitrogens with zero attached hydrogens (tertiary/aromatic N) is 1. The maximum absolute atomic E-state index is 12.8. The van der Waals surface area contributed by atoms with E-state index in [1.54, 1.807) is 6.92 Å². The van der Waals surface area contributed by atoms with Crippen LogP contribution in [0, 0.1) is 6.92 Å². The Labute approximate surface area is 219 Å². The lowest BCUT2D eigenvalue weighted by atomic mass is 10.1. The Balaban J connectivity index is 1.37. The van der Waals surface area contributed by atoms with Gasteiger partial charge in [-0.1, -0.05) is 42.5 Å². The lowest BCUT2D eigenvalue weighted by molar-refractivity contribution is -0.149. The first-order chi connectivity index (χ1) is 18.0. The zero-order valence-corrected chi connectivity index (χ0v) is 21.8. The number of carboxylic acids is 1. The average molecular weight is 518 g/mol. The molecule has 1 N–H and O–H groups in total. The maximum atomic E-state index is 12.8. The van der Waals surface area contributed by atoms with Gasteiger partial charge in [0.25, 0.3) is 0 Å². The highest BCUT2D eigenvalue weighted by molar-refractivity contribution is 7.85.